The van der Waals surface area contributed by atoms with E-state index in [0.717, 1.165) is 6.54 Å². The molecule has 0 aliphatic heterocycles. The van der Waals surface area contributed by atoms with E-state index in [1.54, 1.807) is 7.11 Å². The summed E-state index contributed by atoms with van der Waals surface area (Å²) in [5, 5.41) is 3.38. The first-order chi connectivity index (χ1) is 7.29. The van der Waals surface area contributed by atoms with E-state index in [0.29, 0.717) is 13.2 Å². The molecule has 1 unspecified atom stereocenters. The van der Waals surface area contributed by atoms with Gasteiger partial charge in [-0.3, -0.25) is 0 Å². The first-order valence-corrected chi connectivity index (χ1v) is 5.27. The van der Waals surface area contributed by atoms with Crippen LogP contribution < -0.4 is 11.1 Å². The third kappa shape index (κ3) is 3.63. The molecule has 0 bridgehead atoms. The number of nitrogens with one attached hydrogen (secondary N) is 1. The molecule has 0 spiro atoms. The molecule has 0 saturated carbocycles. The van der Waals surface area contributed by atoms with Crippen LogP contribution in [0.1, 0.15) is 17.2 Å². The summed E-state index contributed by atoms with van der Waals surface area (Å²) in [6.07, 6.45) is 0. The van der Waals surface area contributed by atoms with Crippen LogP contribution in [-0.2, 0) is 4.74 Å². The fourth-order valence-electron chi connectivity index (χ4n) is 1.63. The number of nitrogens with two attached hydrogens (primary N) is 1. The summed E-state index contributed by atoms with van der Waals surface area (Å²) < 4.78 is 5.00. The molecule has 0 aliphatic carbocycles. The molecule has 3 N–H and O–H groups in total. The molecular formula is C12H20N2O. The Morgan fingerprint density at radius 1 is 1.40 bits per heavy atom. The molecule has 0 aliphatic rings. The van der Waals surface area contributed by atoms with Crippen LogP contribution >= 0.6 is 0 Å². The minimum Gasteiger partial charge on any atom is -0.383 e. The highest BCUT2D eigenvalue weighted by Gasteiger charge is 2.09. The first kappa shape index (κ1) is 12.2. The molecule has 1 aromatic rings. The maximum Gasteiger partial charge on any atom is 0.0587 e. The highest BCUT2D eigenvalue weighted by Crippen LogP contribution is 2.15. The minimum absolute atomic E-state index is 0.223. The Labute approximate surface area is 91.6 Å². The van der Waals surface area contributed by atoms with Gasteiger partial charge >= 0.3 is 0 Å². The molecular weight excluding hydrogens is 188 g/mol. The van der Waals surface area contributed by atoms with Crippen molar-refractivity contribution in [1.29, 1.82) is 0 Å². The largest absolute Gasteiger partial charge is 0.383 e. The smallest absolute Gasteiger partial charge is 0.0587 e. The summed E-state index contributed by atoms with van der Waals surface area (Å²) in [6, 6.07) is 8.54. The van der Waals surface area contributed by atoms with Crippen LogP contribution in [0.25, 0.3) is 0 Å². The van der Waals surface area contributed by atoms with E-state index < -0.39 is 0 Å². The van der Waals surface area contributed by atoms with Crippen LogP contribution in [0.5, 0.6) is 0 Å². The van der Waals surface area contributed by atoms with Crippen molar-refractivity contribution in [2.45, 2.75) is 13.0 Å². The monoisotopic (exact) mass is 208 g/mol. The molecule has 1 atom stereocenters. The lowest BCUT2D eigenvalue weighted by Crippen LogP contribution is -2.31. The Kier molecular flexibility index (Phi) is 5.32. The first-order valence-electron chi connectivity index (χ1n) is 5.27. The molecule has 15 heavy (non-hydrogen) atoms. The van der Waals surface area contributed by atoms with Gasteiger partial charge in [-0.15, -0.1) is 0 Å². The number of rotatable bonds is 6. The second-order valence-corrected chi connectivity index (χ2v) is 3.59. The van der Waals surface area contributed by atoms with Crippen molar-refractivity contribution in [2.75, 3.05) is 26.8 Å². The number of ether oxygens (including phenoxy) is 1. The predicted octanol–water partition coefficient (Wildman–Crippen LogP) is 1.23. The van der Waals surface area contributed by atoms with Crippen molar-refractivity contribution < 1.29 is 4.74 Å². The number of hydrogen-bond acceptors (Lipinski definition) is 3. The van der Waals surface area contributed by atoms with Crippen molar-refractivity contribution in [3.05, 3.63) is 35.4 Å². The molecule has 0 fully saturated rings. The van der Waals surface area contributed by atoms with Crippen LogP contribution in [0.2, 0.25) is 0 Å². The van der Waals surface area contributed by atoms with E-state index in [2.05, 4.69) is 24.4 Å². The van der Waals surface area contributed by atoms with Gasteiger partial charge in [-0.25, -0.2) is 0 Å². The SMILES string of the molecule is COCCNC(CN)c1ccccc1C. The summed E-state index contributed by atoms with van der Waals surface area (Å²) in [6.45, 7) is 4.25. The summed E-state index contributed by atoms with van der Waals surface area (Å²) >= 11 is 0. The molecule has 84 valence electrons. The Bertz CT molecular complexity index is 289. The molecule has 3 nitrogen and oxygen atoms in total. The van der Waals surface area contributed by atoms with Crippen LogP contribution in [0.4, 0.5) is 0 Å². The quantitative estimate of drug-likeness (QED) is 0.691. The third-order valence-electron chi connectivity index (χ3n) is 2.50. The molecule has 0 saturated heterocycles. The number of hydrogen-bond donors (Lipinski definition) is 2. The van der Waals surface area contributed by atoms with Crippen molar-refractivity contribution in [2.24, 2.45) is 5.73 Å². The van der Waals surface area contributed by atoms with E-state index in [9.17, 15) is 0 Å². The third-order valence-corrected chi connectivity index (χ3v) is 2.50. The highest BCUT2D eigenvalue weighted by molar-refractivity contribution is 5.28. The van der Waals surface area contributed by atoms with Gasteiger partial charge in [0.15, 0.2) is 0 Å². The Morgan fingerprint density at radius 2 is 2.13 bits per heavy atom. The normalized spacial score (nSPS) is 12.7. The van der Waals surface area contributed by atoms with Gasteiger partial charge in [0.1, 0.15) is 0 Å². The van der Waals surface area contributed by atoms with E-state index in [-0.39, 0.29) is 6.04 Å². The van der Waals surface area contributed by atoms with Gasteiger partial charge in [-0.05, 0) is 18.1 Å². The molecule has 1 aromatic carbocycles. The van der Waals surface area contributed by atoms with Crippen molar-refractivity contribution in [3.8, 4) is 0 Å². The second kappa shape index (κ2) is 6.56. The zero-order valence-corrected chi connectivity index (χ0v) is 9.49. The van der Waals surface area contributed by atoms with Gasteiger partial charge < -0.3 is 15.8 Å². The zero-order chi connectivity index (χ0) is 11.1. The lowest BCUT2D eigenvalue weighted by Gasteiger charge is -2.19. The summed E-state index contributed by atoms with van der Waals surface area (Å²) in [5.74, 6) is 0. The van der Waals surface area contributed by atoms with Crippen LogP contribution in [0.15, 0.2) is 24.3 Å². The van der Waals surface area contributed by atoms with E-state index in [1.165, 1.54) is 11.1 Å². The lowest BCUT2D eigenvalue weighted by molar-refractivity contribution is 0.196. The van der Waals surface area contributed by atoms with Crippen LogP contribution in [-0.4, -0.2) is 26.8 Å². The molecule has 3 heteroatoms. The molecule has 0 radical (unpaired) electrons. The maximum atomic E-state index is 5.75. The van der Waals surface area contributed by atoms with Gasteiger partial charge in [-0.2, -0.15) is 0 Å². The highest BCUT2D eigenvalue weighted by atomic mass is 16.5. The molecule has 0 aromatic heterocycles. The average molecular weight is 208 g/mol. The summed E-state index contributed by atoms with van der Waals surface area (Å²) in [5.41, 5.74) is 8.30. The Morgan fingerprint density at radius 3 is 2.73 bits per heavy atom. The maximum absolute atomic E-state index is 5.75. The Balaban J connectivity index is 2.61. The Hall–Kier alpha value is -0.900. The van der Waals surface area contributed by atoms with Crippen molar-refractivity contribution in [1.82, 2.24) is 5.32 Å². The van der Waals surface area contributed by atoms with Gasteiger partial charge in [0.05, 0.1) is 6.61 Å². The molecule has 0 amide bonds. The second-order valence-electron chi connectivity index (χ2n) is 3.59. The van der Waals surface area contributed by atoms with Gasteiger partial charge in [-0.1, -0.05) is 24.3 Å². The zero-order valence-electron chi connectivity index (χ0n) is 9.49. The van der Waals surface area contributed by atoms with Gasteiger partial charge in [0.25, 0.3) is 0 Å². The fourth-order valence-corrected chi connectivity index (χ4v) is 1.63. The van der Waals surface area contributed by atoms with Gasteiger partial charge in [0.2, 0.25) is 0 Å². The fraction of sp³-hybridized carbons (Fsp3) is 0.500. The number of methoxy groups -OCH3 is 1. The topological polar surface area (TPSA) is 47.3 Å². The average Bonchev–Trinajstić information content (AvgIpc) is 2.26. The lowest BCUT2D eigenvalue weighted by atomic mass is 10.0. The van der Waals surface area contributed by atoms with E-state index in [4.69, 9.17) is 10.5 Å². The summed E-state index contributed by atoms with van der Waals surface area (Å²) in [7, 11) is 1.70. The predicted molar refractivity (Wildman–Crippen MR) is 62.9 cm³/mol. The molecule has 0 heterocycles. The van der Waals surface area contributed by atoms with E-state index in [1.807, 2.05) is 12.1 Å². The van der Waals surface area contributed by atoms with E-state index >= 15 is 0 Å². The van der Waals surface area contributed by atoms with Gasteiger partial charge in [0, 0.05) is 26.2 Å². The van der Waals surface area contributed by atoms with Crippen LogP contribution in [0, 0.1) is 6.92 Å². The number of benzene rings is 1. The van der Waals surface area contributed by atoms with Crippen molar-refractivity contribution >= 4 is 0 Å². The number of aryl methyl sites for hydroxylation is 1. The molecule has 1 rings (SSSR count). The standard InChI is InChI=1S/C12H20N2O/c1-10-5-3-4-6-11(10)12(9-13)14-7-8-15-2/h3-6,12,14H,7-9,13H2,1-2H3. The van der Waals surface area contributed by atoms with Crippen LogP contribution in [0.3, 0.4) is 0 Å². The van der Waals surface area contributed by atoms with Crippen molar-refractivity contribution in [3.63, 3.8) is 0 Å². The summed E-state index contributed by atoms with van der Waals surface area (Å²) in [4.78, 5) is 0. The minimum atomic E-state index is 0.223.